The standard InChI is InChI=1S/C30H34BrF2N3O4S/c1-3-18(2)40-26-12-4-20-15-27(13-5-19(20)14-26)41(38,39)35-28(30(32,33)21-6-8-22(31)9-7-21)29(37)36-24-10-11-25(36)17-23(34)16-24/h4-9,12-15,18,23-25,28,35H,3,10-11,16-17,34H2,1-2H3/t18?,23?,24?,25?,28-/m0/s1. The van der Waals surface area contributed by atoms with Crippen molar-refractivity contribution in [3.8, 4) is 5.75 Å². The number of rotatable bonds is 9. The number of carbonyl (C=O) groups is 1. The van der Waals surface area contributed by atoms with Gasteiger partial charge in [-0.05, 0) is 86.2 Å². The zero-order chi connectivity index (χ0) is 29.5. The quantitative estimate of drug-likeness (QED) is 0.310. The Hall–Kier alpha value is -2.60. The van der Waals surface area contributed by atoms with Gasteiger partial charge in [-0.3, -0.25) is 4.79 Å². The van der Waals surface area contributed by atoms with Gasteiger partial charge in [0.25, 0.3) is 5.92 Å². The van der Waals surface area contributed by atoms with E-state index in [1.807, 2.05) is 13.8 Å². The topological polar surface area (TPSA) is 102 Å². The Labute approximate surface area is 247 Å². The number of hydrogen-bond acceptors (Lipinski definition) is 5. The van der Waals surface area contributed by atoms with Crippen LogP contribution < -0.4 is 15.2 Å². The van der Waals surface area contributed by atoms with Gasteiger partial charge < -0.3 is 15.4 Å². The highest BCUT2D eigenvalue weighted by Gasteiger charge is 2.53. The number of amides is 1. The summed E-state index contributed by atoms with van der Waals surface area (Å²) < 4.78 is 68.1. The third kappa shape index (κ3) is 6.14. The second kappa shape index (κ2) is 11.6. The first-order valence-electron chi connectivity index (χ1n) is 13.8. The number of nitrogens with zero attached hydrogens (tertiary/aromatic N) is 1. The van der Waals surface area contributed by atoms with Crippen LogP contribution in [0.1, 0.15) is 51.5 Å². The molecule has 11 heteroatoms. The lowest BCUT2D eigenvalue weighted by atomic mass is 9.95. The Bertz CT molecular complexity index is 1520. The molecule has 0 aliphatic carbocycles. The van der Waals surface area contributed by atoms with Gasteiger partial charge in [-0.2, -0.15) is 13.5 Å². The molecule has 0 aromatic heterocycles. The van der Waals surface area contributed by atoms with E-state index in [4.69, 9.17) is 10.5 Å². The summed E-state index contributed by atoms with van der Waals surface area (Å²) in [6.45, 7) is 3.97. The van der Waals surface area contributed by atoms with Gasteiger partial charge in [0.2, 0.25) is 15.9 Å². The van der Waals surface area contributed by atoms with E-state index >= 15 is 8.78 Å². The number of fused-ring (bicyclic) bond motifs is 3. The van der Waals surface area contributed by atoms with Crippen LogP contribution in [0.15, 0.2) is 70.0 Å². The summed E-state index contributed by atoms with van der Waals surface area (Å²) in [5.41, 5.74) is 5.68. The molecule has 3 aromatic carbocycles. The molecule has 3 N–H and O–H groups in total. The van der Waals surface area contributed by atoms with E-state index in [0.29, 0.717) is 41.3 Å². The SMILES string of the molecule is CCC(C)Oc1ccc2cc(S(=O)(=O)N[C@@H](C(=O)N3C4CCC3CC(N)C4)C(F)(F)c3ccc(Br)cc3)ccc2c1. The van der Waals surface area contributed by atoms with Crippen molar-refractivity contribution in [1.82, 2.24) is 9.62 Å². The number of carbonyl (C=O) groups excluding carboxylic acids is 1. The molecule has 2 fully saturated rings. The van der Waals surface area contributed by atoms with Crippen LogP contribution in [0.5, 0.6) is 5.75 Å². The van der Waals surface area contributed by atoms with Gasteiger partial charge in [0.15, 0.2) is 6.04 Å². The molecule has 1 amide bonds. The largest absolute Gasteiger partial charge is 0.491 e. The van der Waals surface area contributed by atoms with Crippen molar-refractivity contribution in [1.29, 1.82) is 0 Å². The Kier molecular flexibility index (Phi) is 8.44. The molecule has 2 saturated heterocycles. The first kappa shape index (κ1) is 29.9. The monoisotopic (exact) mass is 649 g/mol. The lowest BCUT2D eigenvalue weighted by molar-refractivity contribution is -0.149. The Balaban J connectivity index is 1.49. The summed E-state index contributed by atoms with van der Waals surface area (Å²) in [6, 6.07) is 11.8. The molecule has 0 saturated carbocycles. The van der Waals surface area contributed by atoms with Crippen LogP contribution in [0.3, 0.4) is 0 Å². The average Bonchev–Trinajstić information content (AvgIpc) is 3.21. The molecular weight excluding hydrogens is 616 g/mol. The molecule has 5 rings (SSSR count). The van der Waals surface area contributed by atoms with Crippen LogP contribution in [0, 0.1) is 0 Å². The normalized spacial score (nSPS) is 22.5. The number of hydrogen-bond donors (Lipinski definition) is 2. The van der Waals surface area contributed by atoms with Crippen LogP contribution in [-0.2, 0) is 20.7 Å². The smallest absolute Gasteiger partial charge is 0.298 e. The third-order valence-electron chi connectivity index (χ3n) is 8.14. The number of piperidine rings is 1. The molecule has 0 spiro atoms. The minimum atomic E-state index is -4.54. The molecule has 7 nitrogen and oxygen atoms in total. The fraction of sp³-hybridized carbons (Fsp3) is 0.433. The lowest BCUT2D eigenvalue weighted by Crippen LogP contribution is -2.60. The second-order valence-corrected chi connectivity index (χ2v) is 13.7. The molecule has 41 heavy (non-hydrogen) atoms. The van der Waals surface area contributed by atoms with Crippen LogP contribution >= 0.6 is 15.9 Å². The van der Waals surface area contributed by atoms with Crippen molar-refractivity contribution < 1.29 is 26.7 Å². The Morgan fingerprint density at radius 1 is 1.07 bits per heavy atom. The summed E-state index contributed by atoms with van der Waals surface area (Å²) in [6.07, 6.45) is 3.15. The minimum absolute atomic E-state index is 0.0176. The summed E-state index contributed by atoms with van der Waals surface area (Å²) in [5.74, 6) is -4.12. The average molecular weight is 651 g/mol. The van der Waals surface area contributed by atoms with E-state index < -0.39 is 33.5 Å². The predicted octanol–water partition coefficient (Wildman–Crippen LogP) is 5.70. The van der Waals surface area contributed by atoms with Crippen molar-refractivity contribution in [2.24, 2.45) is 5.73 Å². The summed E-state index contributed by atoms with van der Waals surface area (Å²) in [5, 5.41) is 1.33. The third-order valence-corrected chi connectivity index (χ3v) is 10.1. The minimum Gasteiger partial charge on any atom is -0.491 e. The first-order valence-corrected chi connectivity index (χ1v) is 16.1. The number of halogens is 3. The van der Waals surface area contributed by atoms with E-state index in [-0.39, 0.29) is 29.1 Å². The molecule has 3 unspecified atom stereocenters. The van der Waals surface area contributed by atoms with Gasteiger partial charge >= 0.3 is 0 Å². The number of nitrogens with one attached hydrogen (secondary N) is 1. The van der Waals surface area contributed by atoms with Crippen LogP contribution in [0.25, 0.3) is 10.8 Å². The zero-order valence-electron chi connectivity index (χ0n) is 22.9. The summed E-state index contributed by atoms with van der Waals surface area (Å²) in [4.78, 5) is 15.1. The molecule has 4 atom stereocenters. The highest BCUT2D eigenvalue weighted by atomic mass is 79.9. The van der Waals surface area contributed by atoms with E-state index in [1.165, 1.54) is 41.3 Å². The van der Waals surface area contributed by atoms with E-state index in [2.05, 4.69) is 20.7 Å². The van der Waals surface area contributed by atoms with Gasteiger partial charge in [-0.1, -0.05) is 47.1 Å². The van der Waals surface area contributed by atoms with Crippen LogP contribution in [0.2, 0.25) is 0 Å². The Morgan fingerprint density at radius 2 is 1.68 bits per heavy atom. The lowest BCUT2D eigenvalue weighted by Gasteiger charge is -2.41. The summed E-state index contributed by atoms with van der Waals surface area (Å²) >= 11 is 3.24. The zero-order valence-corrected chi connectivity index (χ0v) is 25.3. The second-order valence-electron chi connectivity index (χ2n) is 11.1. The van der Waals surface area contributed by atoms with Crippen molar-refractivity contribution in [3.05, 3.63) is 70.7 Å². The number of ether oxygens (including phenoxy) is 1. The van der Waals surface area contributed by atoms with Gasteiger partial charge in [-0.15, -0.1) is 0 Å². The van der Waals surface area contributed by atoms with Crippen molar-refractivity contribution in [2.75, 3.05) is 0 Å². The van der Waals surface area contributed by atoms with Crippen molar-refractivity contribution in [3.63, 3.8) is 0 Å². The number of alkyl halides is 2. The molecule has 2 aliphatic rings. The highest BCUT2D eigenvalue weighted by Crippen LogP contribution is 2.40. The van der Waals surface area contributed by atoms with Gasteiger partial charge in [0.05, 0.1) is 11.0 Å². The summed E-state index contributed by atoms with van der Waals surface area (Å²) in [7, 11) is -4.54. The van der Waals surface area contributed by atoms with Crippen LogP contribution in [-0.4, -0.2) is 49.5 Å². The number of nitrogens with two attached hydrogens (primary N) is 1. The first-order chi connectivity index (χ1) is 19.4. The number of sulfonamides is 1. The van der Waals surface area contributed by atoms with Crippen LogP contribution in [0.4, 0.5) is 8.78 Å². The highest BCUT2D eigenvalue weighted by molar-refractivity contribution is 9.10. The number of benzene rings is 3. The molecule has 2 bridgehead atoms. The van der Waals surface area contributed by atoms with Crippen molar-refractivity contribution in [2.45, 2.75) is 87.0 Å². The van der Waals surface area contributed by atoms with E-state index in [0.717, 1.165) is 11.8 Å². The molecular formula is C30H34BrF2N3O4S. The molecule has 220 valence electrons. The van der Waals surface area contributed by atoms with Gasteiger partial charge in [0, 0.05) is 28.2 Å². The maximum absolute atomic E-state index is 16.2. The molecule has 2 aliphatic heterocycles. The fourth-order valence-corrected chi connectivity index (χ4v) is 7.32. The fourth-order valence-electron chi connectivity index (χ4n) is 5.83. The van der Waals surface area contributed by atoms with Gasteiger partial charge in [0.1, 0.15) is 5.75 Å². The van der Waals surface area contributed by atoms with E-state index in [1.54, 1.807) is 24.3 Å². The molecule has 3 aromatic rings. The maximum atomic E-state index is 16.2. The predicted molar refractivity (Wildman–Crippen MR) is 157 cm³/mol. The Morgan fingerprint density at radius 3 is 2.32 bits per heavy atom. The maximum Gasteiger partial charge on any atom is 0.298 e. The van der Waals surface area contributed by atoms with Gasteiger partial charge in [-0.25, -0.2) is 8.42 Å². The molecule has 0 radical (unpaired) electrons. The van der Waals surface area contributed by atoms with E-state index in [9.17, 15) is 13.2 Å². The van der Waals surface area contributed by atoms with Crippen molar-refractivity contribution >= 4 is 42.6 Å². The molecule has 2 heterocycles.